The summed E-state index contributed by atoms with van der Waals surface area (Å²) in [4.78, 5) is 0. The van der Waals surface area contributed by atoms with Gasteiger partial charge < -0.3 is 9.94 Å². The average molecular weight is 195 g/mol. The van der Waals surface area contributed by atoms with E-state index in [2.05, 4.69) is 10.3 Å². The molecule has 1 aromatic rings. The Kier molecular flexibility index (Phi) is 2.78. The summed E-state index contributed by atoms with van der Waals surface area (Å²) in [6, 6.07) is 0. The van der Waals surface area contributed by atoms with Gasteiger partial charge in [0, 0.05) is 18.4 Å². The van der Waals surface area contributed by atoms with Gasteiger partial charge in [0.15, 0.2) is 0 Å². The van der Waals surface area contributed by atoms with Gasteiger partial charge in [-0.15, -0.1) is 0 Å². The second kappa shape index (κ2) is 4.23. The van der Waals surface area contributed by atoms with E-state index in [9.17, 15) is 0 Å². The summed E-state index contributed by atoms with van der Waals surface area (Å²) in [7, 11) is 0. The van der Waals surface area contributed by atoms with Gasteiger partial charge in [-0.3, -0.25) is 0 Å². The fraction of sp³-hybridized carbons (Fsp3) is 0.556. The van der Waals surface area contributed by atoms with Gasteiger partial charge in [-0.1, -0.05) is 5.16 Å². The van der Waals surface area contributed by atoms with Gasteiger partial charge in [-0.25, -0.2) is 4.68 Å². The van der Waals surface area contributed by atoms with Crippen molar-refractivity contribution in [2.75, 3.05) is 6.61 Å². The first-order chi connectivity index (χ1) is 6.90. The van der Waals surface area contributed by atoms with Gasteiger partial charge in [-0.2, -0.15) is 5.10 Å². The van der Waals surface area contributed by atoms with E-state index in [4.69, 9.17) is 9.94 Å². The minimum Gasteiger partial charge on any atom is -0.411 e. The van der Waals surface area contributed by atoms with Crippen LogP contribution in [0.5, 0.6) is 0 Å². The lowest BCUT2D eigenvalue weighted by atomic mass is 10.2. The number of oxime groups is 1. The Labute approximate surface area is 82.0 Å². The fourth-order valence-electron chi connectivity index (χ4n) is 1.58. The first-order valence-corrected chi connectivity index (χ1v) is 4.73. The van der Waals surface area contributed by atoms with Crippen molar-refractivity contribution in [1.29, 1.82) is 0 Å². The highest BCUT2D eigenvalue weighted by atomic mass is 16.5. The minimum atomic E-state index is 0.0459. The molecule has 1 unspecified atom stereocenters. The fourth-order valence-corrected chi connectivity index (χ4v) is 1.58. The summed E-state index contributed by atoms with van der Waals surface area (Å²) in [6.07, 6.45) is 8.16. The molecule has 0 spiro atoms. The van der Waals surface area contributed by atoms with Crippen molar-refractivity contribution in [2.45, 2.75) is 25.5 Å². The summed E-state index contributed by atoms with van der Waals surface area (Å²) in [5.41, 5.74) is 0.779. The Hall–Kier alpha value is -1.36. The molecule has 0 amide bonds. The lowest BCUT2D eigenvalue weighted by Crippen LogP contribution is -2.18. The van der Waals surface area contributed by atoms with Crippen molar-refractivity contribution in [2.24, 2.45) is 5.16 Å². The largest absolute Gasteiger partial charge is 0.411 e. The van der Waals surface area contributed by atoms with Crippen LogP contribution in [0.3, 0.4) is 0 Å². The van der Waals surface area contributed by atoms with Gasteiger partial charge >= 0.3 is 0 Å². The first kappa shape index (κ1) is 9.21. The van der Waals surface area contributed by atoms with Crippen LogP contribution in [0.4, 0.5) is 0 Å². The zero-order valence-electron chi connectivity index (χ0n) is 7.83. The van der Waals surface area contributed by atoms with Crippen molar-refractivity contribution < 1.29 is 9.94 Å². The van der Waals surface area contributed by atoms with Crippen molar-refractivity contribution in [1.82, 2.24) is 9.78 Å². The van der Waals surface area contributed by atoms with E-state index in [1.165, 1.54) is 12.6 Å². The maximum Gasteiger partial charge on any atom is 0.150 e. The zero-order valence-corrected chi connectivity index (χ0v) is 7.83. The maximum atomic E-state index is 8.34. The molecule has 1 aliphatic heterocycles. The number of rotatable bonds is 2. The highest BCUT2D eigenvalue weighted by Gasteiger charge is 2.15. The van der Waals surface area contributed by atoms with Gasteiger partial charge in [-0.05, 0) is 19.3 Å². The first-order valence-electron chi connectivity index (χ1n) is 4.73. The molecular weight excluding hydrogens is 182 g/mol. The second-order valence-corrected chi connectivity index (χ2v) is 3.32. The molecule has 2 rings (SSSR count). The Morgan fingerprint density at radius 1 is 1.64 bits per heavy atom. The van der Waals surface area contributed by atoms with Gasteiger partial charge in [0.1, 0.15) is 6.23 Å². The molecule has 0 aliphatic carbocycles. The third-order valence-electron chi connectivity index (χ3n) is 2.28. The molecule has 0 aromatic carbocycles. The molecule has 1 saturated heterocycles. The number of nitrogens with zero attached hydrogens (tertiary/aromatic N) is 3. The second-order valence-electron chi connectivity index (χ2n) is 3.32. The van der Waals surface area contributed by atoms with Crippen molar-refractivity contribution >= 4 is 6.21 Å². The maximum absolute atomic E-state index is 8.34. The smallest absolute Gasteiger partial charge is 0.150 e. The Balaban J connectivity index is 2.07. The number of hydrogen-bond acceptors (Lipinski definition) is 4. The predicted octanol–water partition coefficient (Wildman–Crippen LogP) is 1.39. The molecule has 0 radical (unpaired) electrons. The van der Waals surface area contributed by atoms with Crippen LogP contribution in [0.15, 0.2) is 17.5 Å². The Bertz CT molecular complexity index is 316. The molecule has 1 atom stereocenters. The van der Waals surface area contributed by atoms with Crippen LogP contribution in [0.25, 0.3) is 0 Å². The van der Waals surface area contributed by atoms with Crippen LogP contribution in [-0.2, 0) is 4.74 Å². The number of ether oxygens (including phenoxy) is 1. The lowest BCUT2D eigenvalue weighted by molar-refractivity contribution is -0.0394. The standard InChI is InChI=1S/C9H13N3O2/c13-11-6-8-5-10-12(7-8)9-3-1-2-4-14-9/h5-7,9,13H,1-4H2. The van der Waals surface area contributed by atoms with Crippen LogP contribution in [-0.4, -0.2) is 27.8 Å². The summed E-state index contributed by atoms with van der Waals surface area (Å²) in [6.45, 7) is 0.800. The number of aromatic nitrogens is 2. The van der Waals surface area contributed by atoms with Crippen LogP contribution in [0.2, 0.25) is 0 Å². The molecule has 14 heavy (non-hydrogen) atoms. The SMILES string of the molecule is ON=Cc1cnn(C2CCCCO2)c1. The molecule has 5 heteroatoms. The van der Waals surface area contributed by atoms with E-state index in [0.717, 1.165) is 25.0 Å². The third-order valence-corrected chi connectivity index (χ3v) is 2.28. The third kappa shape index (κ3) is 1.93. The van der Waals surface area contributed by atoms with E-state index >= 15 is 0 Å². The van der Waals surface area contributed by atoms with Crippen LogP contribution >= 0.6 is 0 Å². The molecule has 5 nitrogen and oxygen atoms in total. The van der Waals surface area contributed by atoms with Crippen LogP contribution < -0.4 is 0 Å². The Morgan fingerprint density at radius 2 is 2.57 bits per heavy atom. The normalized spacial score (nSPS) is 23.0. The van der Waals surface area contributed by atoms with Crippen LogP contribution in [0, 0.1) is 0 Å². The highest BCUT2D eigenvalue weighted by molar-refractivity contribution is 5.77. The molecule has 1 aliphatic rings. The molecular formula is C9H13N3O2. The van der Waals surface area contributed by atoms with Gasteiger partial charge in [0.2, 0.25) is 0 Å². The predicted molar refractivity (Wildman–Crippen MR) is 50.4 cm³/mol. The van der Waals surface area contributed by atoms with Crippen molar-refractivity contribution in [3.63, 3.8) is 0 Å². The molecule has 1 fully saturated rings. The topological polar surface area (TPSA) is 59.6 Å². The van der Waals surface area contributed by atoms with E-state index in [0.29, 0.717) is 0 Å². The highest BCUT2D eigenvalue weighted by Crippen LogP contribution is 2.21. The van der Waals surface area contributed by atoms with Gasteiger partial charge in [0.05, 0.1) is 12.4 Å². The van der Waals surface area contributed by atoms with E-state index in [1.54, 1.807) is 10.9 Å². The quantitative estimate of drug-likeness (QED) is 0.440. The van der Waals surface area contributed by atoms with Crippen molar-refractivity contribution in [3.05, 3.63) is 18.0 Å². The monoisotopic (exact) mass is 195 g/mol. The molecule has 2 heterocycles. The summed E-state index contributed by atoms with van der Waals surface area (Å²) >= 11 is 0. The number of hydrogen-bond donors (Lipinski definition) is 1. The molecule has 0 bridgehead atoms. The molecule has 1 aromatic heterocycles. The van der Waals surface area contributed by atoms with Crippen LogP contribution in [0.1, 0.15) is 31.1 Å². The summed E-state index contributed by atoms with van der Waals surface area (Å²) in [5.74, 6) is 0. The van der Waals surface area contributed by atoms with E-state index < -0.39 is 0 Å². The zero-order chi connectivity index (χ0) is 9.80. The molecule has 1 N–H and O–H groups in total. The summed E-state index contributed by atoms with van der Waals surface area (Å²) < 4.78 is 7.32. The lowest BCUT2D eigenvalue weighted by Gasteiger charge is -2.22. The summed E-state index contributed by atoms with van der Waals surface area (Å²) in [5, 5.41) is 15.4. The molecule has 0 saturated carbocycles. The van der Waals surface area contributed by atoms with Gasteiger partial charge in [0.25, 0.3) is 0 Å². The molecule has 76 valence electrons. The van der Waals surface area contributed by atoms with E-state index in [-0.39, 0.29) is 6.23 Å². The minimum absolute atomic E-state index is 0.0459. The average Bonchev–Trinajstić information content (AvgIpc) is 2.68. The Morgan fingerprint density at radius 3 is 3.29 bits per heavy atom. The van der Waals surface area contributed by atoms with Crippen molar-refractivity contribution in [3.8, 4) is 0 Å². The van der Waals surface area contributed by atoms with E-state index in [1.807, 2.05) is 6.20 Å².